The minimum absolute atomic E-state index is 0.110. The summed E-state index contributed by atoms with van der Waals surface area (Å²) in [5.41, 5.74) is 0.110. The number of hydrogen-bond acceptors (Lipinski definition) is 2. The van der Waals surface area contributed by atoms with Gasteiger partial charge in [0.1, 0.15) is 0 Å². The van der Waals surface area contributed by atoms with E-state index in [1.54, 1.807) is 0 Å². The van der Waals surface area contributed by atoms with Gasteiger partial charge in [0.05, 0.1) is 0 Å². The van der Waals surface area contributed by atoms with Crippen LogP contribution >= 0.6 is 15.9 Å². The molecular formula is C9H6BrFO3. The fraction of sp³-hybridized carbons (Fsp3) is 0. The van der Waals surface area contributed by atoms with E-state index in [0.717, 1.165) is 18.2 Å². The summed E-state index contributed by atoms with van der Waals surface area (Å²) in [7, 11) is 0. The normalized spacial score (nSPS) is 10.7. The molecule has 5 heteroatoms. The first-order valence-electron chi connectivity index (χ1n) is 3.59. The Hall–Kier alpha value is -1.36. The number of benzene rings is 1. The second-order valence-electron chi connectivity index (χ2n) is 2.50. The number of halogens is 2. The standard InChI is InChI=1S/C9H6BrFO3/c10-6-3-5(1-2-8(12)13)9(14)7(11)4-6/h1-4,14H,(H,12,13)/b2-1+. The Balaban J connectivity index is 3.14. The van der Waals surface area contributed by atoms with Gasteiger partial charge in [-0.25, -0.2) is 9.18 Å². The average Bonchev–Trinajstić information content (AvgIpc) is 2.08. The van der Waals surface area contributed by atoms with Gasteiger partial charge in [-0.2, -0.15) is 0 Å². The molecular weight excluding hydrogens is 255 g/mol. The third-order valence-corrected chi connectivity index (χ3v) is 1.92. The van der Waals surface area contributed by atoms with E-state index < -0.39 is 17.5 Å². The zero-order chi connectivity index (χ0) is 10.7. The Labute approximate surface area is 87.6 Å². The van der Waals surface area contributed by atoms with Crippen molar-refractivity contribution in [1.29, 1.82) is 0 Å². The molecule has 1 aromatic rings. The van der Waals surface area contributed by atoms with Crippen molar-refractivity contribution in [3.63, 3.8) is 0 Å². The monoisotopic (exact) mass is 260 g/mol. The quantitative estimate of drug-likeness (QED) is 0.803. The highest BCUT2D eigenvalue weighted by Crippen LogP contribution is 2.26. The van der Waals surface area contributed by atoms with Crippen molar-refractivity contribution in [2.75, 3.05) is 0 Å². The van der Waals surface area contributed by atoms with Crippen LogP contribution in [-0.2, 0) is 4.79 Å². The number of phenolic OH excluding ortho intramolecular Hbond substituents is 1. The number of aliphatic carboxylic acids is 1. The lowest BCUT2D eigenvalue weighted by molar-refractivity contribution is -0.131. The first-order valence-corrected chi connectivity index (χ1v) is 4.39. The second-order valence-corrected chi connectivity index (χ2v) is 3.41. The highest BCUT2D eigenvalue weighted by Gasteiger charge is 2.06. The molecule has 2 N–H and O–H groups in total. The molecule has 0 heterocycles. The summed E-state index contributed by atoms with van der Waals surface area (Å²) in [5.74, 6) is -2.53. The third-order valence-electron chi connectivity index (χ3n) is 1.46. The fourth-order valence-electron chi connectivity index (χ4n) is 0.874. The molecule has 0 aliphatic carbocycles. The highest BCUT2D eigenvalue weighted by atomic mass is 79.9. The van der Waals surface area contributed by atoms with Gasteiger partial charge < -0.3 is 10.2 Å². The molecule has 14 heavy (non-hydrogen) atoms. The molecule has 0 saturated heterocycles. The van der Waals surface area contributed by atoms with Gasteiger partial charge >= 0.3 is 5.97 Å². The maximum absolute atomic E-state index is 12.9. The van der Waals surface area contributed by atoms with Crippen LogP contribution < -0.4 is 0 Å². The maximum atomic E-state index is 12.9. The Morgan fingerprint density at radius 2 is 2.14 bits per heavy atom. The zero-order valence-corrected chi connectivity index (χ0v) is 8.45. The lowest BCUT2D eigenvalue weighted by Gasteiger charge is -2.00. The van der Waals surface area contributed by atoms with Gasteiger partial charge in [-0.15, -0.1) is 0 Å². The number of hydrogen-bond donors (Lipinski definition) is 2. The van der Waals surface area contributed by atoms with Crippen molar-refractivity contribution < 1.29 is 19.4 Å². The summed E-state index contributed by atoms with van der Waals surface area (Å²) in [6.07, 6.45) is 1.94. The van der Waals surface area contributed by atoms with Crippen LogP contribution in [0.3, 0.4) is 0 Å². The van der Waals surface area contributed by atoms with Gasteiger partial charge in [0, 0.05) is 16.1 Å². The van der Waals surface area contributed by atoms with Crippen LogP contribution in [0, 0.1) is 5.82 Å². The summed E-state index contributed by atoms with van der Waals surface area (Å²) in [5, 5.41) is 17.5. The van der Waals surface area contributed by atoms with Crippen molar-refractivity contribution in [2.45, 2.75) is 0 Å². The minimum Gasteiger partial charge on any atom is -0.504 e. The lowest BCUT2D eigenvalue weighted by Crippen LogP contribution is -1.87. The Morgan fingerprint density at radius 3 is 2.71 bits per heavy atom. The number of rotatable bonds is 2. The molecule has 0 atom stereocenters. The van der Waals surface area contributed by atoms with Crippen molar-refractivity contribution in [1.82, 2.24) is 0 Å². The first kappa shape index (κ1) is 10.7. The Bertz CT molecular complexity index is 401. The van der Waals surface area contributed by atoms with Gasteiger partial charge in [0.2, 0.25) is 0 Å². The molecule has 0 aliphatic heterocycles. The van der Waals surface area contributed by atoms with E-state index >= 15 is 0 Å². The van der Waals surface area contributed by atoms with E-state index in [1.165, 1.54) is 6.07 Å². The number of aromatic hydroxyl groups is 1. The van der Waals surface area contributed by atoms with Crippen molar-refractivity contribution >= 4 is 28.0 Å². The summed E-state index contributed by atoms with van der Waals surface area (Å²) >= 11 is 3.02. The first-order chi connectivity index (χ1) is 6.50. The lowest BCUT2D eigenvalue weighted by atomic mass is 10.2. The van der Waals surface area contributed by atoms with E-state index in [-0.39, 0.29) is 5.56 Å². The average molecular weight is 261 g/mol. The predicted molar refractivity (Wildman–Crippen MR) is 52.4 cm³/mol. The molecule has 74 valence electrons. The fourth-order valence-corrected chi connectivity index (χ4v) is 1.32. The van der Waals surface area contributed by atoms with E-state index in [0.29, 0.717) is 4.47 Å². The molecule has 3 nitrogen and oxygen atoms in total. The maximum Gasteiger partial charge on any atom is 0.328 e. The van der Waals surface area contributed by atoms with Gasteiger partial charge in [-0.05, 0) is 18.2 Å². The summed E-state index contributed by atoms with van der Waals surface area (Å²) in [6.45, 7) is 0. The summed E-state index contributed by atoms with van der Waals surface area (Å²) in [4.78, 5) is 10.2. The molecule has 0 radical (unpaired) electrons. The van der Waals surface area contributed by atoms with Crippen molar-refractivity contribution in [2.24, 2.45) is 0 Å². The van der Waals surface area contributed by atoms with Gasteiger partial charge in [-0.1, -0.05) is 15.9 Å². The number of carboxylic acid groups (broad SMARTS) is 1. The molecule has 0 spiro atoms. The van der Waals surface area contributed by atoms with Crippen LogP contribution in [0.25, 0.3) is 6.08 Å². The minimum atomic E-state index is -1.16. The Kier molecular flexibility index (Phi) is 3.24. The van der Waals surface area contributed by atoms with Gasteiger partial charge in [-0.3, -0.25) is 0 Å². The number of carboxylic acids is 1. The van der Waals surface area contributed by atoms with E-state index in [9.17, 15) is 14.3 Å². The molecule has 1 rings (SSSR count). The van der Waals surface area contributed by atoms with Crippen LogP contribution in [0.4, 0.5) is 4.39 Å². The van der Waals surface area contributed by atoms with E-state index in [2.05, 4.69) is 15.9 Å². The van der Waals surface area contributed by atoms with E-state index in [1.807, 2.05) is 0 Å². The van der Waals surface area contributed by atoms with Gasteiger partial charge in [0.15, 0.2) is 11.6 Å². The van der Waals surface area contributed by atoms with E-state index in [4.69, 9.17) is 5.11 Å². The largest absolute Gasteiger partial charge is 0.504 e. The van der Waals surface area contributed by atoms with Crippen molar-refractivity contribution in [3.05, 3.63) is 34.1 Å². The summed E-state index contributed by atoms with van der Waals surface area (Å²) in [6, 6.07) is 2.51. The molecule has 0 bridgehead atoms. The molecule has 0 aliphatic rings. The number of carbonyl (C=O) groups is 1. The zero-order valence-electron chi connectivity index (χ0n) is 6.87. The van der Waals surface area contributed by atoms with Crippen molar-refractivity contribution in [3.8, 4) is 5.75 Å². The molecule has 0 saturated carbocycles. The smallest absolute Gasteiger partial charge is 0.328 e. The molecule has 1 aromatic carbocycles. The summed E-state index contributed by atoms with van der Waals surface area (Å²) < 4.78 is 13.3. The van der Waals surface area contributed by atoms with Crippen LogP contribution in [0.15, 0.2) is 22.7 Å². The highest BCUT2D eigenvalue weighted by molar-refractivity contribution is 9.10. The topological polar surface area (TPSA) is 57.5 Å². The number of phenols is 1. The van der Waals surface area contributed by atoms with Crippen LogP contribution in [-0.4, -0.2) is 16.2 Å². The SMILES string of the molecule is O=C(O)/C=C/c1cc(Br)cc(F)c1O. The Morgan fingerprint density at radius 1 is 1.50 bits per heavy atom. The molecule has 0 unspecified atom stereocenters. The second kappa shape index (κ2) is 4.23. The third kappa shape index (κ3) is 2.56. The van der Waals surface area contributed by atoms with Crippen LogP contribution in [0.1, 0.15) is 5.56 Å². The predicted octanol–water partition coefficient (Wildman–Crippen LogP) is 2.39. The molecule has 0 amide bonds. The van der Waals surface area contributed by atoms with Crippen LogP contribution in [0.5, 0.6) is 5.75 Å². The van der Waals surface area contributed by atoms with Crippen LogP contribution in [0.2, 0.25) is 0 Å². The molecule has 0 aromatic heterocycles. The molecule has 0 fully saturated rings. The van der Waals surface area contributed by atoms with Gasteiger partial charge in [0.25, 0.3) is 0 Å².